The summed E-state index contributed by atoms with van der Waals surface area (Å²) in [7, 11) is -8.50. The van der Waals surface area contributed by atoms with E-state index in [1.165, 1.54) is 0 Å². The van der Waals surface area contributed by atoms with Crippen LogP contribution in [0.4, 0.5) is 0 Å². The number of hydrogen-bond donors (Lipinski definition) is 5. The maximum Gasteiger partial charge on any atom is 0.265 e. The van der Waals surface area contributed by atoms with Crippen LogP contribution in [0, 0.1) is 0 Å². The number of quaternary nitrogens is 1. The summed E-state index contributed by atoms with van der Waals surface area (Å²) >= 11 is 0. The Morgan fingerprint density at radius 1 is 0.864 bits per heavy atom. The molecule has 0 saturated carbocycles. The van der Waals surface area contributed by atoms with Crippen molar-refractivity contribution >= 4 is 20.2 Å². The lowest BCUT2D eigenvalue weighted by molar-refractivity contribution is -1.01. The topological polar surface area (TPSA) is 161 Å². The van der Waals surface area contributed by atoms with Crippen LogP contribution in [0.1, 0.15) is 12.8 Å². The maximum atomic E-state index is 10.8. The Morgan fingerprint density at radius 2 is 1.23 bits per heavy atom. The Labute approximate surface area is 129 Å². The molecule has 0 aromatic rings. The summed E-state index contributed by atoms with van der Waals surface area (Å²) < 4.78 is 60.4. The Kier molecular flexibility index (Phi) is 6.71. The van der Waals surface area contributed by atoms with E-state index >= 15 is 0 Å². The van der Waals surface area contributed by atoms with Crippen LogP contribution in [0.25, 0.3) is 0 Å². The first-order valence-electron chi connectivity index (χ1n) is 6.80. The first-order valence-corrected chi connectivity index (χ1v) is 10.0. The van der Waals surface area contributed by atoms with Gasteiger partial charge in [0, 0.05) is 25.9 Å². The van der Waals surface area contributed by atoms with Gasteiger partial charge < -0.3 is 15.5 Å². The molecule has 0 spiro atoms. The number of piperazine rings is 1. The van der Waals surface area contributed by atoms with Gasteiger partial charge in [0.05, 0.1) is 24.6 Å². The van der Waals surface area contributed by atoms with Gasteiger partial charge in [-0.2, -0.15) is 16.8 Å². The Bertz CT molecular complexity index is 511. The highest BCUT2D eigenvalue weighted by molar-refractivity contribution is 7.86. The minimum atomic E-state index is -4.25. The van der Waals surface area contributed by atoms with Crippen molar-refractivity contribution in [2.45, 2.75) is 25.3 Å². The molecule has 0 aliphatic carbocycles. The average molecular weight is 363 g/mol. The third-order valence-electron chi connectivity index (χ3n) is 3.86. The molecular weight excluding hydrogens is 340 g/mol. The molecule has 1 rings (SSSR count). The second kappa shape index (κ2) is 7.49. The summed E-state index contributed by atoms with van der Waals surface area (Å²) in [6.07, 6.45) is -3.13. The fourth-order valence-corrected chi connectivity index (χ4v) is 3.65. The zero-order valence-electron chi connectivity index (χ0n) is 12.0. The summed E-state index contributed by atoms with van der Waals surface area (Å²) in [5.74, 6) is -1.32. The van der Waals surface area contributed by atoms with E-state index in [0.29, 0.717) is 13.1 Å². The first-order chi connectivity index (χ1) is 9.96. The molecule has 1 aliphatic heterocycles. The lowest BCUT2D eigenvalue weighted by atomic mass is 10.1. The Hall–Kier alpha value is -0.340. The molecule has 0 bridgehead atoms. The van der Waals surface area contributed by atoms with Gasteiger partial charge in [-0.3, -0.25) is 13.6 Å². The van der Waals surface area contributed by atoms with Crippen molar-refractivity contribution in [2.24, 2.45) is 0 Å². The lowest BCUT2D eigenvalue weighted by Crippen LogP contribution is -2.68. The van der Waals surface area contributed by atoms with E-state index in [-0.39, 0.29) is 30.4 Å². The van der Waals surface area contributed by atoms with Gasteiger partial charge in [0.1, 0.15) is 0 Å². The summed E-state index contributed by atoms with van der Waals surface area (Å²) in [5.41, 5.74) is 0. The Balaban J connectivity index is 2.84. The molecule has 10 nitrogen and oxygen atoms in total. The van der Waals surface area contributed by atoms with Gasteiger partial charge in [0.2, 0.25) is 0 Å². The van der Waals surface area contributed by atoms with Crippen molar-refractivity contribution in [1.29, 1.82) is 0 Å². The van der Waals surface area contributed by atoms with Crippen LogP contribution in [0.2, 0.25) is 0 Å². The molecule has 1 aliphatic rings. The molecule has 1 fully saturated rings. The maximum absolute atomic E-state index is 10.8. The number of rotatable bonds is 8. The second-order valence-electron chi connectivity index (χ2n) is 5.41. The van der Waals surface area contributed by atoms with Gasteiger partial charge >= 0.3 is 0 Å². The van der Waals surface area contributed by atoms with E-state index in [1.54, 1.807) is 0 Å². The predicted octanol–water partition coefficient (Wildman–Crippen LogP) is -2.40. The third-order valence-corrected chi connectivity index (χ3v) is 5.37. The smallest absolute Gasteiger partial charge is 0.265 e. The van der Waals surface area contributed by atoms with Gasteiger partial charge in [-0.15, -0.1) is 0 Å². The molecule has 132 valence electrons. The van der Waals surface area contributed by atoms with Crippen molar-refractivity contribution in [1.82, 2.24) is 5.32 Å². The molecular formula is C10H23N2O8S2+. The van der Waals surface area contributed by atoms with Gasteiger partial charge in [0.15, 0.2) is 12.5 Å². The molecule has 2 atom stereocenters. The SMILES string of the molecule is O=S(=O)(O)CCC(O)[N+]1(C(O)CCS(=O)(=O)O)CCNCC1. The van der Waals surface area contributed by atoms with Crippen molar-refractivity contribution in [3.63, 3.8) is 0 Å². The minimum Gasteiger partial charge on any atom is -0.345 e. The highest BCUT2D eigenvalue weighted by Gasteiger charge is 2.43. The van der Waals surface area contributed by atoms with Crippen molar-refractivity contribution in [2.75, 3.05) is 37.7 Å². The zero-order chi connectivity index (χ0) is 17.0. The first kappa shape index (κ1) is 19.7. The highest BCUT2D eigenvalue weighted by Crippen LogP contribution is 2.23. The molecule has 5 N–H and O–H groups in total. The molecule has 0 aromatic heterocycles. The van der Waals surface area contributed by atoms with Gasteiger partial charge in [-0.1, -0.05) is 0 Å². The lowest BCUT2D eigenvalue weighted by Gasteiger charge is -2.47. The number of nitrogens with zero attached hydrogens (tertiary/aromatic N) is 1. The number of hydrogen-bond acceptors (Lipinski definition) is 7. The molecule has 12 heteroatoms. The van der Waals surface area contributed by atoms with Crippen LogP contribution in [0.3, 0.4) is 0 Å². The predicted molar refractivity (Wildman–Crippen MR) is 76.9 cm³/mol. The zero-order valence-corrected chi connectivity index (χ0v) is 13.6. The van der Waals surface area contributed by atoms with Crippen molar-refractivity contribution in [3.8, 4) is 0 Å². The van der Waals surface area contributed by atoms with Crippen LogP contribution < -0.4 is 5.32 Å². The van der Waals surface area contributed by atoms with E-state index < -0.39 is 44.2 Å². The quantitative estimate of drug-likeness (QED) is 0.234. The summed E-state index contributed by atoms with van der Waals surface area (Å²) in [4.78, 5) is 0. The molecule has 1 heterocycles. The summed E-state index contributed by atoms with van der Waals surface area (Å²) in [6, 6.07) is 0. The molecule has 0 radical (unpaired) electrons. The molecule has 0 aromatic carbocycles. The molecule has 2 unspecified atom stereocenters. The largest absolute Gasteiger partial charge is 0.345 e. The van der Waals surface area contributed by atoms with Crippen LogP contribution in [-0.4, -0.2) is 90.8 Å². The average Bonchev–Trinajstić information content (AvgIpc) is 2.41. The summed E-state index contributed by atoms with van der Waals surface area (Å²) in [6.45, 7) is 1.43. The van der Waals surface area contributed by atoms with Crippen LogP contribution in [0.5, 0.6) is 0 Å². The van der Waals surface area contributed by atoms with Crippen molar-refractivity contribution in [3.05, 3.63) is 0 Å². The van der Waals surface area contributed by atoms with Crippen LogP contribution in [0.15, 0.2) is 0 Å². The van der Waals surface area contributed by atoms with Crippen LogP contribution in [-0.2, 0) is 20.2 Å². The fraction of sp³-hybridized carbons (Fsp3) is 1.00. The van der Waals surface area contributed by atoms with E-state index in [2.05, 4.69) is 5.32 Å². The van der Waals surface area contributed by atoms with E-state index in [4.69, 9.17) is 9.11 Å². The van der Waals surface area contributed by atoms with Gasteiger partial charge in [-0.05, 0) is 0 Å². The van der Waals surface area contributed by atoms with E-state index in [9.17, 15) is 27.0 Å². The standard InChI is InChI=1S/C10H22N2O8S2/c13-9(1-7-21(15,16)17)12(5-3-11-4-6-12)10(14)2-8-22(18,19)20/h9-11,13-14H,1-8H2,(H-,15,16,17,18,19,20)/p+1. The third kappa shape index (κ3) is 6.04. The molecule has 1 saturated heterocycles. The normalized spacial score (nSPS) is 22.2. The fourth-order valence-electron chi connectivity index (χ4n) is 2.63. The summed E-state index contributed by atoms with van der Waals surface area (Å²) in [5, 5.41) is 23.6. The van der Waals surface area contributed by atoms with E-state index in [1.807, 2.05) is 0 Å². The van der Waals surface area contributed by atoms with Gasteiger partial charge in [-0.25, -0.2) is 0 Å². The van der Waals surface area contributed by atoms with E-state index in [0.717, 1.165) is 0 Å². The number of aliphatic hydroxyl groups excluding tert-OH is 2. The Morgan fingerprint density at radius 3 is 1.55 bits per heavy atom. The number of aliphatic hydroxyl groups is 2. The minimum absolute atomic E-state index is 0.263. The highest BCUT2D eigenvalue weighted by atomic mass is 32.2. The monoisotopic (exact) mass is 363 g/mol. The van der Waals surface area contributed by atoms with Gasteiger partial charge in [0.25, 0.3) is 20.2 Å². The van der Waals surface area contributed by atoms with Crippen LogP contribution >= 0.6 is 0 Å². The second-order valence-corrected chi connectivity index (χ2v) is 8.56. The molecule has 0 amide bonds. The number of nitrogens with one attached hydrogen (secondary N) is 1. The van der Waals surface area contributed by atoms with Crippen molar-refractivity contribution < 1.29 is 40.6 Å². The molecule has 22 heavy (non-hydrogen) atoms.